The van der Waals surface area contributed by atoms with E-state index in [2.05, 4.69) is 5.32 Å². The number of hydrogen-bond acceptors (Lipinski definition) is 4. The van der Waals surface area contributed by atoms with Gasteiger partial charge in [0.1, 0.15) is 11.4 Å². The second-order valence-corrected chi connectivity index (χ2v) is 6.44. The lowest BCUT2D eigenvalue weighted by molar-refractivity contribution is -0.147. The molecule has 0 bridgehead atoms. The average Bonchev–Trinajstić information content (AvgIpc) is 2.32. The lowest BCUT2D eigenvalue weighted by atomic mass is 9.94. The van der Waals surface area contributed by atoms with Gasteiger partial charge in [-0.15, -0.1) is 0 Å². The van der Waals surface area contributed by atoms with E-state index in [1.54, 1.807) is 41.5 Å². The number of carbonyl (C=O) groups excluding carboxylic acids is 2. The number of alkyl carbamates (subject to hydrolysis) is 1. The van der Waals surface area contributed by atoms with E-state index in [9.17, 15) is 14.0 Å². The zero-order chi connectivity index (χ0) is 17.5. The number of rotatable bonds is 6. The summed E-state index contributed by atoms with van der Waals surface area (Å²) in [4.78, 5) is 23.4. The van der Waals surface area contributed by atoms with Crippen LogP contribution < -0.4 is 5.32 Å². The van der Waals surface area contributed by atoms with E-state index in [1.165, 1.54) is 13.0 Å². The molecule has 0 aromatic rings. The van der Waals surface area contributed by atoms with Crippen molar-refractivity contribution in [3.05, 3.63) is 11.9 Å². The summed E-state index contributed by atoms with van der Waals surface area (Å²) in [7, 11) is 0. The van der Waals surface area contributed by atoms with Crippen LogP contribution in [0.25, 0.3) is 0 Å². The van der Waals surface area contributed by atoms with E-state index < -0.39 is 35.5 Å². The topological polar surface area (TPSA) is 64.6 Å². The van der Waals surface area contributed by atoms with E-state index in [1.807, 2.05) is 0 Å². The van der Waals surface area contributed by atoms with Gasteiger partial charge in [-0.3, -0.25) is 4.79 Å². The van der Waals surface area contributed by atoms with Crippen LogP contribution >= 0.6 is 0 Å². The minimum absolute atomic E-state index is 0.112. The highest BCUT2D eigenvalue weighted by molar-refractivity contribution is 5.75. The maximum absolute atomic E-state index is 14.2. The Kier molecular flexibility index (Phi) is 8.12. The molecule has 0 aromatic heterocycles. The number of carbonyl (C=O) groups is 2. The quantitative estimate of drug-likeness (QED) is 0.760. The van der Waals surface area contributed by atoms with E-state index in [0.29, 0.717) is 0 Å². The molecule has 1 amide bonds. The highest BCUT2D eigenvalue weighted by atomic mass is 19.1. The molecule has 2 atom stereocenters. The molecule has 0 spiro atoms. The van der Waals surface area contributed by atoms with Crippen LogP contribution in [-0.2, 0) is 14.3 Å². The predicted octanol–water partition coefficient (Wildman–Crippen LogP) is 3.59. The minimum atomic E-state index is -0.884. The Balaban J connectivity index is 4.85. The first kappa shape index (κ1) is 20.4. The molecule has 0 aliphatic carbocycles. The van der Waals surface area contributed by atoms with Gasteiger partial charge < -0.3 is 14.8 Å². The van der Waals surface area contributed by atoms with Crippen LogP contribution in [0.1, 0.15) is 48.5 Å². The monoisotopic (exact) mass is 317 g/mol. The molecular formula is C16H28FNO4. The van der Waals surface area contributed by atoms with Crippen molar-refractivity contribution >= 4 is 12.1 Å². The van der Waals surface area contributed by atoms with Gasteiger partial charge in [0.15, 0.2) is 0 Å². The van der Waals surface area contributed by atoms with Crippen molar-refractivity contribution in [2.75, 3.05) is 6.61 Å². The smallest absolute Gasteiger partial charge is 0.408 e. The van der Waals surface area contributed by atoms with Gasteiger partial charge in [-0.25, -0.2) is 9.18 Å². The van der Waals surface area contributed by atoms with Crippen LogP contribution in [0.4, 0.5) is 9.18 Å². The van der Waals surface area contributed by atoms with Crippen LogP contribution in [0, 0.1) is 11.8 Å². The van der Waals surface area contributed by atoms with Crippen LogP contribution in [0.2, 0.25) is 0 Å². The molecule has 22 heavy (non-hydrogen) atoms. The molecular weight excluding hydrogens is 289 g/mol. The Bertz CT molecular complexity index is 413. The first-order valence-electron chi connectivity index (χ1n) is 7.51. The summed E-state index contributed by atoms with van der Waals surface area (Å²) in [6, 6.07) is -0.884. The van der Waals surface area contributed by atoms with Crippen molar-refractivity contribution in [2.45, 2.75) is 60.1 Å². The molecule has 0 aliphatic rings. The summed E-state index contributed by atoms with van der Waals surface area (Å²) < 4.78 is 24.2. The number of hydrogen-bond donors (Lipinski definition) is 1. The summed E-state index contributed by atoms with van der Waals surface area (Å²) in [5.74, 6) is -1.88. The summed E-state index contributed by atoms with van der Waals surface area (Å²) in [5.41, 5.74) is -0.657. The number of ether oxygens (including phenoxy) is 2. The van der Waals surface area contributed by atoms with Crippen molar-refractivity contribution in [1.82, 2.24) is 5.32 Å². The lowest BCUT2D eigenvalue weighted by Gasteiger charge is -2.22. The Hall–Kier alpha value is -1.59. The minimum Gasteiger partial charge on any atom is -0.466 e. The van der Waals surface area contributed by atoms with E-state index in [-0.39, 0.29) is 12.5 Å². The van der Waals surface area contributed by atoms with Gasteiger partial charge in [-0.1, -0.05) is 13.8 Å². The third kappa shape index (κ3) is 8.00. The number of esters is 1. The number of nitrogens with one attached hydrogen (secondary N) is 1. The van der Waals surface area contributed by atoms with Crippen LogP contribution in [0.15, 0.2) is 11.9 Å². The molecule has 0 aromatic carbocycles. The number of amides is 1. The summed E-state index contributed by atoms with van der Waals surface area (Å²) in [5, 5.41) is 2.39. The molecule has 0 unspecified atom stereocenters. The fourth-order valence-corrected chi connectivity index (χ4v) is 1.64. The first-order chi connectivity index (χ1) is 9.97. The maximum atomic E-state index is 14.2. The summed E-state index contributed by atoms with van der Waals surface area (Å²) in [6.07, 6.45) is 0.491. The van der Waals surface area contributed by atoms with Crippen LogP contribution in [0.5, 0.6) is 0 Å². The predicted molar refractivity (Wildman–Crippen MR) is 83.0 cm³/mol. The Labute approximate surface area is 132 Å². The van der Waals surface area contributed by atoms with E-state index in [4.69, 9.17) is 9.47 Å². The maximum Gasteiger partial charge on any atom is 0.408 e. The van der Waals surface area contributed by atoms with Gasteiger partial charge in [-0.05, 0) is 46.6 Å². The van der Waals surface area contributed by atoms with Gasteiger partial charge in [0.25, 0.3) is 0 Å². The highest BCUT2D eigenvalue weighted by Crippen LogP contribution is 2.19. The molecule has 1 N–H and O–H groups in total. The molecule has 128 valence electrons. The molecule has 0 heterocycles. The zero-order valence-corrected chi connectivity index (χ0v) is 14.5. The van der Waals surface area contributed by atoms with Crippen molar-refractivity contribution in [3.8, 4) is 0 Å². The summed E-state index contributed by atoms with van der Waals surface area (Å²) >= 11 is 0. The van der Waals surface area contributed by atoms with Crippen molar-refractivity contribution in [1.29, 1.82) is 0 Å². The molecule has 0 saturated heterocycles. The van der Waals surface area contributed by atoms with Crippen molar-refractivity contribution < 1.29 is 23.5 Å². The summed E-state index contributed by atoms with van der Waals surface area (Å²) in [6.45, 7) is 12.2. The van der Waals surface area contributed by atoms with Crippen LogP contribution in [-0.4, -0.2) is 30.3 Å². The van der Waals surface area contributed by atoms with E-state index in [0.717, 1.165) is 0 Å². The second kappa shape index (κ2) is 8.76. The molecule has 0 fully saturated rings. The molecule has 0 rings (SSSR count). The SMILES string of the molecule is CCOC(=O)[C@@H](/C=C(\F)[C@@H](C)NC(=O)OC(C)(C)C)C(C)C. The molecule has 5 nitrogen and oxygen atoms in total. The molecule has 0 radical (unpaired) electrons. The Morgan fingerprint density at radius 2 is 1.77 bits per heavy atom. The van der Waals surface area contributed by atoms with Gasteiger partial charge >= 0.3 is 12.1 Å². The average molecular weight is 317 g/mol. The van der Waals surface area contributed by atoms with E-state index >= 15 is 0 Å². The van der Waals surface area contributed by atoms with Crippen molar-refractivity contribution in [2.24, 2.45) is 11.8 Å². The highest BCUT2D eigenvalue weighted by Gasteiger charge is 2.25. The van der Waals surface area contributed by atoms with Crippen LogP contribution in [0.3, 0.4) is 0 Å². The Morgan fingerprint density at radius 3 is 2.18 bits per heavy atom. The fourth-order valence-electron chi connectivity index (χ4n) is 1.64. The standard InChI is InChI=1S/C16H28FNO4/c1-8-21-14(19)12(10(2)3)9-13(17)11(4)18-15(20)22-16(5,6)7/h9-12H,8H2,1-7H3,(H,18,20)/b13-9-/t11-,12+/m1/s1. The third-order valence-corrected chi connectivity index (χ3v) is 2.76. The molecule has 0 saturated carbocycles. The van der Waals surface area contributed by atoms with Gasteiger partial charge in [0.05, 0.1) is 18.6 Å². The largest absolute Gasteiger partial charge is 0.466 e. The molecule has 0 aliphatic heterocycles. The van der Waals surface area contributed by atoms with Gasteiger partial charge in [0.2, 0.25) is 0 Å². The Morgan fingerprint density at radius 1 is 1.23 bits per heavy atom. The van der Waals surface area contributed by atoms with Gasteiger partial charge in [0, 0.05) is 0 Å². The normalized spacial score (nSPS) is 15.2. The second-order valence-electron chi connectivity index (χ2n) is 6.44. The van der Waals surface area contributed by atoms with Gasteiger partial charge in [-0.2, -0.15) is 0 Å². The zero-order valence-electron chi connectivity index (χ0n) is 14.5. The third-order valence-electron chi connectivity index (χ3n) is 2.76. The number of halogens is 1. The van der Waals surface area contributed by atoms with Crippen molar-refractivity contribution in [3.63, 3.8) is 0 Å². The fraction of sp³-hybridized carbons (Fsp3) is 0.750. The lowest BCUT2D eigenvalue weighted by Crippen LogP contribution is -2.38. The first-order valence-corrected chi connectivity index (χ1v) is 7.51. The molecule has 6 heteroatoms.